The molecular formula is C23H21FN2O3S. The number of carbonyl (C=O) groups is 2. The second-order valence-electron chi connectivity index (χ2n) is 6.25. The van der Waals surface area contributed by atoms with Gasteiger partial charge in [0.2, 0.25) is 5.91 Å². The van der Waals surface area contributed by atoms with E-state index in [0.29, 0.717) is 18.0 Å². The molecule has 0 spiro atoms. The van der Waals surface area contributed by atoms with E-state index in [0.717, 1.165) is 10.6 Å². The number of amides is 2. The quantitative estimate of drug-likeness (QED) is 0.487. The summed E-state index contributed by atoms with van der Waals surface area (Å²) in [5.41, 5.74) is 1.24. The highest BCUT2D eigenvalue weighted by atomic mass is 32.2. The molecule has 2 N–H and O–H groups in total. The van der Waals surface area contributed by atoms with Crippen molar-refractivity contribution in [3.05, 3.63) is 84.2 Å². The van der Waals surface area contributed by atoms with E-state index in [1.807, 2.05) is 6.92 Å². The van der Waals surface area contributed by atoms with Gasteiger partial charge in [0.1, 0.15) is 11.6 Å². The Kier molecular flexibility index (Phi) is 7.45. The van der Waals surface area contributed by atoms with Crippen LogP contribution in [0.4, 0.5) is 15.8 Å². The van der Waals surface area contributed by atoms with Crippen LogP contribution >= 0.6 is 11.8 Å². The first-order valence-electron chi connectivity index (χ1n) is 9.36. The van der Waals surface area contributed by atoms with Crippen LogP contribution in [-0.4, -0.2) is 24.2 Å². The van der Waals surface area contributed by atoms with Crippen LogP contribution in [-0.2, 0) is 4.79 Å². The lowest BCUT2D eigenvalue weighted by atomic mass is 10.2. The molecule has 7 heteroatoms. The molecule has 0 saturated heterocycles. The number of hydrogen-bond acceptors (Lipinski definition) is 4. The first-order valence-corrected chi connectivity index (χ1v) is 10.3. The largest absolute Gasteiger partial charge is 0.494 e. The molecule has 0 heterocycles. The summed E-state index contributed by atoms with van der Waals surface area (Å²) >= 11 is 1.38. The fraction of sp³-hybridized carbons (Fsp3) is 0.130. The van der Waals surface area contributed by atoms with Crippen molar-refractivity contribution >= 4 is 35.0 Å². The molecule has 3 rings (SSSR count). The van der Waals surface area contributed by atoms with Gasteiger partial charge in [-0.2, -0.15) is 0 Å². The van der Waals surface area contributed by atoms with Crippen LogP contribution < -0.4 is 15.4 Å². The number of nitrogens with one attached hydrogen (secondary N) is 2. The number of thioether (sulfide) groups is 1. The molecule has 0 fully saturated rings. The molecule has 3 aromatic carbocycles. The number of benzene rings is 3. The number of rotatable bonds is 8. The van der Waals surface area contributed by atoms with Gasteiger partial charge in [0, 0.05) is 16.3 Å². The number of halogens is 1. The van der Waals surface area contributed by atoms with Crippen LogP contribution in [0, 0.1) is 5.82 Å². The summed E-state index contributed by atoms with van der Waals surface area (Å²) in [6.07, 6.45) is 0. The van der Waals surface area contributed by atoms with Gasteiger partial charge in [0.15, 0.2) is 0 Å². The highest BCUT2D eigenvalue weighted by Gasteiger charge is 2.11. The third-order valence-corrected chi connectivity index (χ3v) is 5.06. The first-order chi connectivity index (χ1) is 14.5. The van der Waals surface area contributed by atoms with E-state index in [2.05, 4.69) is 10.6 Å². The lowest BCUT2D eigenvalue weighted by Crippen LogP contribution is -2.14. The fourth-order valence-electron chi connectivity index (χ4n) is 2.63. The summed E-state index contributed by atoms with van der Waals surface area (Å²) in [6, 6.07) is 20.0. The molecule has 0 aliphatic rings. The van der Waals surface area contributed by atoms with Gasteiger partial charge in [-0.05, 0) is 67.6 Å². The highest BCUT2D eigenvalue weighted by molar-refractivity contribution is 8.00. The molecule has 2 amide bonds. The van der Waals surface area contributed by atoms with Crippen LogP contribution in [0.5, 0.6) is 5.75 Å². The van der Waals surface area contributed by atoms with E-state index in [1.165, 1.54) is 30.0 Å². The predicted molar refractivity (Wildman–Crippen MR) is 118 cm³/mol. The topological polar surface area (TPSA) is 67.4 Å². The monoisotopic (exact) mass is 424 g/mol. The van der Waals surface area contributed by atoms with Gasteiger partial charge in [-0.3, -0.25) is 9.59 Å². The van der Waals surface area contributed by atoms with E-state index in [1.54, 1.807) is 54.6 Å². The Balaban J connectivity index is 1.49. The minimum Gasteiger partial charge on any atom is -0.494 e. The van der Waals surface area contributed by atoms with Crippen molar-refractivity contribution in [2.75, 3.05) is 23.0 Å². The molecule has 0 aromatic heterocycles. The van der Waals surface area contributed by atoms with Gasteiger partial charge in [-0.1, -0.05) is 12.1 Å². The highest BCUT2D eigenvalue weighted by Crippen LogP contribution is 2.22. The van der Waals surface area contributed by atoms with E-state index in [-0.39, 0.29) is 17.2 Å². The van der Waals surface area contributed by atoms with Gasteiger partial charge in [-0.25, -0.2) is 4.39 Å². The number of carbonyl (C=O) groups excluding carboxylic acids is 2. The summed E-state index contributed by atoms with van der Waals surface area (Å²) in [6.45, 7) is 2.50. The van der Waals surface area contributed by atoms with Crippen LogP contribution in [0.15, 0.2) is 77.7 Å². The van der Waals surface area contributed by atoms with E-state index >= 15 is 0 Å². The maximum absolute atomic E-state index is 13.7. The predicted octanol–water partition coefficient (Wildman–Crippen LogP) is 5.21. The summed E-state index contributed by atoms with van der Waals surface area (Å²) in [4.78, 5) is 25.2. The lowest BCUT2D eigenvalue weighted by molar-refractivity contribution is -0.113. The average molecular weight is 424 g/mol. The molecule has 0 radical (unpaired) electrons. The zero-order valence-corrected chi connectivity index (χ0v) is 17.2. The Hall–Kier alpha value is -3.32. The van der Waals surface area contributed by atoms with Crippen molar-refractivity contribution in [1.29, 1.82) is 0 Å². The van der Waals surface area contributed by atoms with E-state index in [9.17, 15) is 14.0 Å². The molecule has 0 unspecified atom stereocenters. The second-order valence-corrected chi connectivity index (χ2v) is 7.30. The first kappa shape index (κ1) is 21.4. The van der Waals surface area contributed by atoms with Gasteiger partial charge in [0.05, 0.1) is 17.9 Å². The average Bonchev–Trinajstić information content (AvgIpc) is 2.75. The third kappa shape index (κ3) is 6.09. The number of hydrogen-bond donors (Lipinski definition) is 2. The molecular weight excluding hydrogens is 403 g/mol. The van der Waals surface area contributed by atoms with Crippen molar-refractivity contribution < 1.29 is 18.7 Å². The fourth-order valence-corrected chi connectivity index (χ4v) is 3.32. The van der Waals surface area contributed by atoms with Gasteiger partial charge < -0.3 is 15.4 Å². The molecule has 0 saturated carbocycles. The zero-order valence-electron chi connectivity index (χ0n) is 16.4. The Morgan fingerprint density at radius 2 is 1.53 bits per heavy atom. The minimum atomic E-state index is -0.569. The van der Waals surface area contributed by atoms with Crippen LogP contribution in [0.1, 0.15) is 17.3 Å². The number of anilines is 2. The normalized spacial score (nSPS) is 10.3. The van der Waals surface area contributed by atoms with Gasteiger partial charge >= 0.3 is 0 Å². The molecule has 5 nitrogen and oxygen atoms in total. The Morgan fingerprint density at radius 1 is 0.900 bits per heavy atom. The van der Waals surface area contributed by atoms with Crippen LogP contribution in [0.25, 0.3) is 0 Å². The van der Waals surface area contributed by atoms with Crippen molar-refractivity contribution in [2.24, 2.45) is 0 Å². The van der Waals surface area contributed by atoms with Crippen molar-refractivity contribution in [3.8, 4) is 5.75 Å². The van der Waals surface area contributed by atoms with Crippen molar-refractivity contribution in [2.45, 2.75) is 11.8 Å². The lowest BCUT2D eigenvalue weighted by Gasteiger charge is -2.08. The second kappa shape index (κ2) is 10.5. The van der Waals surface area contributed by atoms with Crippen LogP contribution in [0.3, 0.4) is 0 Å². The zero-order chi connectivity index (χ0) is 21.3. The van der Waals surface area contributed by atoms with Gasteiger partial charge in [0.25, 0.3) is 5.91 Å². The maximum Gasteiger partial charge on any atom is 0.258 e. The van der Waals surface area contributed by atoms with Crippen molar-refractivity contribution in [3.63, 3.8) is 0 Å². The molecule has 30 heavy (non-hydrogen) atoms. The molecule has 0 aliphatic heterocycles. The Morgan fingerprint density at radius 3 is 2.20 bits per heavy atom. The van der Waals surface area contributed by atoms with Gasteiger partial charge in [-0.15, -0.1) is 11.8 Å². The molecule has 0 atom stereocenters. The van der Waals surface area contributed by atoms with E-state index < -0.39 is 11.7 Å². The Bertz CT molecular complexity index is 1010. The Labute approximate surface area is 178 Å². The van der Waals surface area contributed by atoms with E-state index in [4.69, 9.17) is 4.74 Å². The minimum absolute atomic E-state index is 0.0121. The number of ether oxygens (including phenoxy) is 1. The summed E-state index contributed by atoms with van der Waals surface area (Å²) in [5.74, 6) is -0.203. The van der Waals surface area contributed by atoms with Crippen LogP contribution in [0.2, 0.25) is 0 Å². The molecule has 3 aromatic rings. The standard InChI is InChI=1S/C23H21FN2O3S/c1-2-29-18-11-7-16(8-12-18)25-22(27)15-30-19-13-9-17(10-14-19)26-23(28)20-5-3-4-6-21(20)24/h3-14H,2,15H2,1H3,(H,25,27)(H,26,28). The van der Waals surface area contributed by atoms with Crippen molar-refractivity contribution in [1.82, 2.24) is 0 Å². The third-order valence-electron chi connectivity index (χ3n) is 4.05. The maximum atomic E-state index is 13.7. The summed E-state index contributed by atoms with van der Waals surface area (Å²) in [7, 11) is 0. The molecule has 0 bridgehead atoms. The summed E-state index contributed by atoms with van der Waals surface area (Å²) in [5, 5.41) is 5.49. The summed E-state index contributed by atoms with van der Waals surface area (Å²) < 4.78 is 19.1. The molecule has 0 aliphatic carbocycles. The SMILES string of the molecule is CCOc1ccc(NC(=O)CSc2ccc(NC(=O)c3ccccc3F)cc2)cc1. The molecule has 154 valence electrons. The smallest absolute Gasteiger partial charge is 0.258 e.